The van der Waals surface area contributed by atoms with Crippen LogP contribution in [0.3, 0.4) is 0 Å². The van der Waals surface area contributed by atoms with Crippen molar-refractivity contribution < 1.29 is 9.59 Å². The first-order chi connectivity index (χ1) is 9.50. The molecule has 0 N–H and O–H groups in total. The molecular formula is C16H28N2O2. The van der Waals surface area contributed by atoms with Crippen LogP contribution in [-0.2, 0) is 9.59 Å². The number of piperidine rings is 2. The summed E-state index contributed by atoms with van der Waals surface area (Å²) < 4.78 is 0. The quantitative estimate of drug-likeness (QED) is 0.778. The van der Waals surface area contributed by atoms with Gasteiger partial charge >= 0.3 is 0 Å². The van der Waals surface area contributed by atoms with Crippen molar-refractivity contribution >= 4 is 11.8 Å². The van der Waals surface area contributed by atoms with Crippen LogP contribution in [0.1, 0.15) is 52.9 Å². The van der Waals surface area contributed by atoms with E-state index in [9.17, 15) is 9.59 Å². The molecule has 0 bridgehead atoms. The maximum Gasteiger partial charge on any atom is 0.227 e. The number of carbonyl (C=O) groups excluding carboxylic acids is 2. The van der Waals surface area contributed by atoms with E-state index < -0.39 is 0 Å². The van der Waals surface area contributed by atoms with Gasteiger partial charge < -0.3 is 9.80 Å². The fourth-order valence-electron chi connectivity index (χ4n) is 3.40. The van der Waals surface area contributed by atoms with E-state index >= 15 is 0 Å². The number of nitrogens with zero attached hydrogens (tertiary/aromatic N) is 2. The predicted molar refractivity (Wildman–Crippen MR) is 79.2 cm³/mol. The van der Waals surface area contributed by atoms with Gasteiger partial charge in [0, 0.05) is 31.6 Å². The molecule has 0 aromatic carbocycles. The Morgan fingerprint density at radius 1 is 1.05 bits per heavy atom. The zero-order valence-corrected chi connectivity index (χ0v) is 13.1. The Bertz CT molecular complexity index is 367. The molecule has 2 rings (SSSR count). The molecule has 2 fully saturated rings. The number of carbonyl (C=O) groups is 2. The van der Waals surface area contributed by atoms with Crippen LogP contribution < -0.4 is 0 Å². The lowest BCUT2D eigenvalue weighted by Crippen LogP contribution is -2.50. The van der Waals surface area contributed by atoms with E-state index in [2.05, 4.69) is 11.8 Å². The molecule has 2 unspecified atom stereocenters. The molecule has 0 spiro atoms. The first-order valence-corrected chi connectivity index (χ1v) is 8.10. The molecule has 0 saturated carbocycles. The molecule has 114 valence electrons. The number of hydrogen-bond acceptors (Lipinski definition) is 2. The molecule has 0 aromatic rings. The zero-order chi connectivity index (χ0) is 14.7. The molecule has 4 heteroatoms. The van der Waals surface area contributed by atoms with Crippen molar-refractivity contribution in [3.8, 4) is 0 Å². The van der Waals surface area contributed by atoms with Crippen LogP contribution in [0.15, 0.2) is 0 Å². The van der Waals surface area contributed by atoms with Gasteiger partial charge in [0.15, 0.2) is 0 Å². The highest BCUT2D eigenvalue weighted by Crippen LogP contribution is 2.24. The number of likely N-dealkylation sites (tertiary alicyclic amines) is 2. The van der Waals surface area contributed by atoms with Crippen molar-refractivity contribution in [3.05, 3.63) is 0 Å². The maximum absolute atomic E-state index is 12.7. The third kappa shape index (κ3) is 3.33. The summed E-state index contributed by atoms with van der Waals surface area (Å²) in [6, 6.07) is 0.368. The van der Waals surface area contributed by atoms with Gasteiger partial charge in [-0.25, -0.2) is 0 Å². The van der Waals surface area contributed by atoms with Crippen molar-refractivity contribution in [1.82, 2.24) is 9.80 Å². The summed E-state index contributed by atoms with van der Waals surface area (Å²) in [5.74, 6) is 0.511. The Balaban J connectivity index is 1.97. The smallest absolute Gasteiger partial charge is 0.227 e. The van der Waals surface area contributed by atoms with Crippen LogP contribution in [0.5, 0.6) is 0 Å². The van der Waals surface area contributed by atoms with Gasteiger partial charge in [-0.3, -0.25) is 9.59 Å². The highest BCUT2D eigenvalue weighted by atomic mass is 16.2. The third-order valence-electron chi connectivity index (χ3n) is 4.66. The lowest BCUT2D eigenvalue weighted by atomic mass is 9.93. The standard InChI is InChI=1S/C16H28N2O2/c1-12(2)15(19)17-9-6-8-14(11-17)16(20)18-10-5-4-7-13(18)3/h12-14H,4-11H2,1-3H3. The van der Waals surface area contributed by atoms with E-state index in [1.54, 1.807) is 0 Å². The normalized spacial score (nSPS) is 27.8. The molecule has 0 aromatic heterocycles. The minimum absolute atomic E-state index is 0.0204. The Hall–Kier alpha value is -1.06. The second kappa shape index (κ2) is 6.59. The summed E-state index contributed by atoms with van der Waals surface area (Å²) in [6.07, 6.45) is 5.36. The fraction of sp³-hybridized carbons (Fsp3) is 0.875. The van der Waals surface area contributed by atoms with Crippen molar-refractivity contribution in [2.45, 2.75) is 58.9 Å². The van der Waals surface area contributed by atoms with Crippen LogP contribution in [0.25, 0.3) is 0 Å². The monoisotopic (exact) mass is 280 g/mol. The molecule has 2 aliphatic rings. The SMILES string of the molecule is CC(C)C(=O)N1CCCC(C(=O)N2CCCCC2C)C1. The Labute approximate surface area is 122 Å². The lowest BCUT2D eigenvalue weighted by Gasteiger charge is -2.39. The summed E-state index contributed by atoms with van der Waals surface area (Å²) in [7, 11) is 0. The van der Waals surface area contributed by atoms with Gasteiger partial charge in [-0.05, 0) is 39.0 Å². The van der Waals surface area contributed by atoms with E-state index in [0.717, 1.165) is 38.8 Å². The lowest BCUT2D eigenvalue weighted by molar-refractivity contribution is -0.144. The van der Waals surface area contributed by atoms with Crippen molar-refractivity contribution in [2.24, 2.45) is 11.8 Å². The summed E-state index contributed by atoms with van der Waals surface area (Å²) in [5, 5.41) is 0. The topological polar surface area (TPSA) is 40.6 Å². The van der Waals surface area contributed by atoms with Gasteiger partial charge in [-0.1, -0.05) is 13.8 Å². The molecule has 20 heavy (non-hydrogen) atoms. The minimum atomic E-state index is 0.0204. The molecule has 4 nitrogen and oxygen atoms in total. The van der Waals surface area contributed by atoms with E-state index in [1.807, 2.05) is 18.7 Å². The van der Waals surface area contributed by atoms with Gasteiger partial charge in [-0.2, -0.15) is 0 Å². The second-order valence-electron chi connectivity index (χ2n) is 6.65. The van der Waals surface area contributed by atoms with Crippen LogP contribution in [0, 0.1) is 11.8 Å². The Morgan fingerprint density at radius 2 is 1.80 bits per heavy atom. The largest absolute Gasteiger partial charge is 0.342 e. The van der Waals surface area contributed by atoms with Gasteiger partial charge in [0.05, 0.1) is 5.92 Å². The van der Waals surface area contributed by atoms with E-state index in [0.29, 0.717) is 12.6 Å². The molecule has 2 saturated heterocycles. The van der Waals surface area contributed by atoms with Gasteiger partial charge in [0.2, 0.25) is 11.8 Å². The number of hydrogen-bond donors (Lipinski definition) is 0. The first-order valence-electron chi connectivity index (χ1n) is 8.10. The van der Waals surface area contributed by atoms with Crippen LogP contribution >= 0.6 is 0 Å². The Kier molecular flexibility index (Phi) is 5.06. The van der Waals surface area contributed by atoms with Gasteiger partial charge in [0.25, 0.3) is 0 Å². The van der Waals surface area contributed by atoms with E-state index in [4.69, 9.17) is 0 Å². The molecule has 2 heterocycles. The van der Waals surface area contributed by atoms with Crippen LogP contribution in [0.4, 0.5) is 0 Å². The van der Waals surface area contributed by atoms with E-state index in [-0.39, 0.29) is 23.7 Å². The van der Waals surface area contributed by atoms with Crippen molar-refractivity contribution in [3.63, 3.8) is 0 Å². The third-order valence-corrected chi connectivity index (χ3v) is 4.66. The van der Waals surface area contributed by atoms with Gasteiger partial charge in [0.1, 0.15) is 0 Å². The summed E-state index contributed by atoms with van der Waals surface area (Å²) in [6.45, 7) is 8.35. The van der Waals surface area contributed by atoms with Crippen LogP contribution in [-0.4, -0.2) is 47.3 Å². The van der Waals surface area contributed by atoms with E-state index in [1.165, 1.54) is 6.42 Å². The highest BCUT2D eigenvalue weighted by Gasteiger charge is 2.34. The van der Waals surface area contributed by atoms with Crippen molar-refractivity contribution in [2.75, 3.05) is 19.6 Å². The summed E-state index contributed by atoms with van der Waals surface area (Å²) in [5.41, 5.74) is 0. The molecule has 2 atom stereocenters. The molecule has 2 amide bonds. The average Bonchev–Trinajstić information content (AvgIpc) is 2.46. The molecule has 0 aliphatic carbocycles. The minimum Gasteiger partial charge on any atom is -0.342 e. The van der Waals surface area contributed by atoms with Gasteiger partial charge in [-0.15, -0.1) is 0 Å². The maximum atomic E-state index is 12.7. The highest BCUT2D eigenvalue weighted by molar-refractivity contribution is 5.82. The first kappa shape index (κ1) is 15.3. The fourth-order valence-corrected chi connectivity index (χ4v) is 3.40. The number of amides is 2. The molecule has 0 radical (unpaired) electrons. The number of rotatable bonds is 2. The molecular weight excluding hydrogens is 252 g/mol. The van der Waals surface area contributed by atoms with Crippen LogP contribution in [0.2, 0.25) is 0 Å². The second-order valence-corrected chi connectivity index (χ2v) is 6.65. The predicted octanol–water partition coefficient (Wildman–Crippen LogP) is 2.28. The Morgan fingerprint density at radius 3 is 2.45 bits per heavy atom. The molecule has 2 aliphatic heterocycles. The van der Waals surface area contributed by atoms with Crippen molar-refractivity contribution in [1.29, 1.82) is 0 Å². The summed E-state index contributed by atoms with van der Waals surface area (Å²) >= 11 is 0. The summed E-state index contributed by atoms with van der Waals surface area (Å²) in [4.78, 5) is 28.7. The average molecular weight is 280 g/mol. The zero-order valence-electron chi connectivity index (χ0n) is 13.1.